The maximum absolute atomic E-state index is 13.8. The smallest absolute Gasteiger partial charge is 0.274 e. The highest BCUT2D eigenvalue weighted by atomic mass is 19.1. The van der Waals surface area contributed by atoms with Gasteiger partial charge in [0.25, 0.3) is 5.91 Å². The summed E-state index contributed by atoms with van der Waals surface area (Å²) in [6.45, 7) is 7.48. The third-order valence-electron chi connectivity index (χ3n) is 5.93. The Labute approximate surface area is 176 Å². The monoisotopic (exact) mass is 412 g/mol. The second-order valence-corrected chi connectivity index (χ2v) is 7.88. The SMILES string of the molecule is C=CCn1nc(C(=O)N2CCOCC2)c2c1CCC(NCCc1ccccc1F)C2. The highest BCUT2D eigenvalue weighted by Gasteiger charge is 2.31. The summed E-state index contributed by atoms with van der Waals surface area (Å²) in [6.07, 6.45) is 5.05. The lowest BCUT2D eigenvalue weighted by Gasteiger charge is -2.28. The van der Waals surface area contributed by atoms with E-state index >= 15 is 0 Å². The molecule has 0 radical (unpaired) electrons. The first-order chi connectivity index (χ1) is 14.7. The lowest BCUT2D eigenvalue weighted by molar-refractivity contribution is 0.0297. The molecule has 1 saturated heterocycles. The number of halogens is 1. The van der Waals surface area contributed by atoms with Crippen LogP contribution < -0.4 is 5.32 Å². The standard InChI is InChI=1S/C23H29FN4O2/c1-2-11-28-21-8-7-18(25-10-9-17-5-3-4-6-20(17)24)16-19(21)22(26-28)23(29)27-12-14-30-15-13-27/h2-6,18,25H,1,7-16H2. The van der Waals surface area contributed by atoms with E-state index in [0.29, 0.717) is 51.5 Å². The first kappa shape index (κ1) is 20.8. The number of fused-ring (bicyclic) bond motifs is 1. The number of amides is 1. The first-order valence-electron chi connectivity index (χ1n) is 10.7. The van der Waals surface area contributed by atoms with Gasteiger partial charge in [0.15, 0.2) is 5.69 Å². The molecule has 1 atom stereocenters. The molecule has 160 valence electrons. The molecular formula is C23H29FN4O2. The van der Waals surface area contributed by atoms with Crippen LogP contribution in [0.5, 0.6) is 0 Å². The fraction of sp³-hybridized carbons (Fsp3) is 0.478. The van der Waals surface area contributed by atoms with Gasteiger partial charge in [-0.1, -0.05) is 24.3 Å². The van der Waals surface area contributed by atoms with E-state index in [1.165, 1.54) is 6.07 Å². The minimum Gasteiger partial charge on any atom is -0.378 e. The zero-order valence-corrected chi connectivity index (χ0v) is 17.3. The topological polar surface area (TPSA) is 59.4 Å². The highest BCUT2D eigenvalue weighted by Crippen LogP contribution is 2.26. The average Bonchev–Trinajstić information content (AvgIpc) is 3.13. The minimum atomic E-state index is -0.158. The predicted molar refractivity (Wildman–Crippen MR) is 113 cm³/mol. The van der Waals surface area contributed by atoms with Gasteiger partial charge >= 0.3 is 0 Å². The van der Waals surface area contributed by atoms with Crippen LogP contribution in [0, 0.1) is 5.82 Å². The molecule has 0 spiro atoms. The van der Waals surface area contributed by atoms with Crippen LogP contribution >= 0.6 is 0 Å². The van der Waals surface area contributed by atoms with Gasteiger partial charge in [0.05, 0.1) is 19.8 Å². The summed E-state index contributed by atoms with van der Waals surface area (Å²) >= 11 is 0. The maximum atomic E-state index is 13.8. The largest absolute Gasteiger partial charge is 0.378 e. The maximum Gasteiger partial charge on any atom is 0.274 e. The Hall–Kier alpha value is -2.51. The van der Waals surface area contributed by atoms with E-state index in [1.54, 1.807) is 6.07 Å². The Bertz CT molecular complexity index is 905. The van der Waals surface area contributed by atoms with Gasteiger partial charge in [0, 0.05) is 30.4 Å². The Balaban J connectivity index is 1.46. The molecule has 6 nitrogen and oxygen atoms in total. The van der Waals surface area contributed by atoms with Gasteiger partial charge in [-0.25, -0.2) is 4.39 Å². The molecule has 2 aromatic rings. The number of ether oxygens (including phenoxy) is 1. The van der Waals surface area contributed by atoms with Crippen molar-refractivity contribution >= 4 is 5.91 Å². The number of rotatable bonds is 7. The third kappa shape index (κ3) is 4.47. The molecule has 1 amide bonds. The quantitative estimate of drug-likeness (QED) is 0.710. The van der Waals surface area contributed by atoms with Gasteiger partial charge in [-0.2, -0.15) is 5.10 Å². The van der Waals surface area contributed by atoms with Gasteiger partial charge < -0.3 is 15.0 Å². The molecule has 1 aliphatic heterocycles. The summed E-state index contributed by atoms with van der Waals surface area (Å²) in [5.41, 5.74) is 3.47. The second-order valence-electron chi connectivity index (χ2n) is 7.88. The fourth-order valence-corrected chi connectivity index (χ4v) is 4.34. The zero-order valence-electron chi connectivity index (χ0n) is 17.3. The molecule has 7 heteroatoms. The molecule has 0 saturated carbocycles. The number of allylic oxidation sites excluding steroid dienone is 1. The van der Waals surface area contributed by atoms with Crippen LogP contribution in [0.4, 0.5) is 4.39 Å². The van der Waals surface area contributed by atoms with Gasteiger partial charge in [-0.3, -0.25) is 9.48 Å². The average molecular weight is 413 g/mol. The van der Waals surface area contributed by atoms with E-state index in [-0.39, 0.29) is 17.8 Å². The van der Waals surface area contributed by atoms with Gasteiger partial charge in [0.1, 0.15) is 5.82 Å². The van der Waals surface area contributed by atoms with Crippen molar-refractivity contribution < 1.29 is 13.9 Å². The molecule has 1 unspecified atom stereocenters. The van der Waals surface area contributed by atoms with E-state index in [2.05, 4.69) is 17.0 Å². The Morgan fingerprint density at radius 1 is 1.33 bits per heavy atom. The molecular weight excluding hydrogens is 383 g/mol. The predicted octanol–water partition coefficient (Wildman–Crippen LogP) is 2.37. The van der Waals surface area contributed by atoms with Crippen LogP contribution in [0.3, 0.4) is 0 Å². The van der Waals surface area contributed by atoms with Gasteiger partial charge in [-0.05, 0) is 43.9 Å². The normalized spacial score (nSPS) is 18.8. The summed E-state index contributed by atoms with van der Waals surface area (Å²) in [4.78, 5) is 15.0. The minimum absolute atomic E-state index is 0.00984. The molecule has 1 N–H and O–H groups in total. The molecule has 1 aromatic heterocycles. The van der Waals surface area contributed by atoms with Crippen molar-refractivity contribution in [2.24, 2.45) is 0 Å². The molecule has 4 rings (SSSR count). The van der Waals surface area contributed by atoms with Crippen LogP contribution in [0.25, 0.3) is 0 Å². The number of hydrogen-bond acceptors (Lipinski definition) is 4. The lowest BCUT2D eigenvalue weighted by Crippen LogP contribution is -2.42. The van der Waals surface area contributed by atoms with Gasteiger partial charge in [-0.15, -0.1) is 6.58 Å². The van der Waals surface area contributed by atoms with Crippen molar-refractivity contribution in [3.05, 3.63) is 65.3 Å². The number of carbonyl (C=O) groups is 1. The van der Waals surface area contributed by atoms with Gasteiger partial charge in [0.2, 0.25) is 0 Å². The molecule has 1 fully saturated rings. The molecule has 1 aromatic carbocycles. The number of morpholine rings is 1. The zero-order chi connectivity index (χ0) is 20.9. The Morgan fingerprint density at radius 3 is 2.90 bits per heavy atom. The number of hydrogen-bond donors (Lipinski definition) is 1. The van der Waals surface area contributed by atoms with Crippen molar-refractivity contribution in [3.63, 3.8) is 0 Å². The number of nitrogens with zero attached hydrogens (tertiary/aromatic N) is 3. The molecule has 2 aliphatic rings. The summed E-state index contributed by atoms with van der Waals surface area (Å²) in [7, 11) is 0. The summed E-state index contributed by atoms with van der Waals surface area (Å²) < 4.78 is 21.1. The van der Waals surface area contributed by atoms with Crippen LogP contribution in [-0.2, 0) is 30.5 Å². The van der Waals surface area contributed by atoms with E-state index in [1.807, 2.05) is 27.8 Å². The number of benzene rings is 1. The van der Waals surface area contributed by atoms with Crippen LogP contribution in [0.2, 0.25) is 0 Å². The van der Waals surface area contributed by atoms with Crippen molar-refractivity contribution in [2.75, 3.05) is 32.8 Å². The van der Waals surface area contributed by atoms with Crippen molar-refractivity contribution in [1.82, 2.24) is 20.0 Å². The highest BCUT2D eigenvalue weighted by molar-refractivity contribution is 5.94. The van der Waals surface area contributed by atoms with E-state index in [0.717, 1.165) is 36.1 Å². The van der Waals surface area contributed by atoms with Crippen molar-refractivity contribution in [1.29, 1.82) is 0 Å². The van der Waals surface area contributed by atoms with Crippen molar-refractivity contribution in [2.45, 2.75) is 38.3 Å². The van der Waals surface area contributed by atoms with Crippen LogP contribution in [-0.4, -0.2) is 59.5 Å². The number of aromatic nitrogens is 2. The lowest BCUT2D eigenvalue weighted by atomic mass is 9.91. The molecule has 30 heavy (non-hydrogen) atoms. The number of nitrogens with one attached hydrogen (secondary N) is 1. The van der Waals surface area contributed by atoms with E-state index in [4.69, 9.17) is 4.74 Å². The summed E-state index contributed by atoms with van der Waals surface area (Å²) in [6, 6.07) is 7.15. The fourth-order valence-electron chi connectivity index (χ4n) is 4.34. The van der Waals surface area contributed by atoms with E-state index in [9.17, 15) is 9.18 Å². The Kier molecular flexibility index (Phi) is 6.59. The molecule has 1 aliphatic carbocycles. The number of carbonyl (C=O) groups excluding carboxylic acids is 1. The van der Waals surface area contributed by atoms with E-state index < -0.39 is 0 Å². The molecule has 2 heterocycles. The van der Waals surface area contributed by atoms with Crippen LogP contribution in [0.1, 0.15) is 33.7 Å². The summed E-state index contributed by atoms with van der Waals surface area (Å²) in [5, 5.41) is 8.22. The summed E-state index contributed by atoms with van der Waals surface area (Å²) in [5.74, 6) is -0.168. The Morgan fingerprint density at radius 2 is 2.13 bits per heavy atom. The third-order valence-corrected chi connectivity index (χ3v) is 5.93. The first-order valence-corrected chi connectivity index (χ1v) is 10.7. The van der Waals surface area contributed by atoms with Crippen molar-refractivity contribution in [3.8, 4) is 0 Å². The van der Waals surface area contributed by atoms with Crippen LogP contribution in [0.15, 0.2) is 36.9 Å². The molecule has 0 bridgehead atoms. The second kappa shape index (κ2) is 9.53.